The molecule has 0 radical (unpaired) electrons. The summed E-state index contributed by atoms with van der Waals surface area (Å²) < 4.78 is 0. The first-order chi connectivity index (χ1) is 28.7. The maximum atomic E-state index is 5.29. The van der Waals surface area contributed by atoms with Gasteiger partial charge < -0.3 is 0 Å². The zero-order chi connectivity index (χ0) is 38.2. The van der Waals surface area contributed by atoms with Crippen LogP contribution in [0.4, 0.5) is 0 Å². The maximum Gasteiger partial charge on any atom is 0.164 e. The molecule has 11 aromatic carbocycles. The van der Waals surface area contributed by atoms with Crippen LogP contribution in [0.25, 0.3) is 121 Å². The molecule has 0 spiro atoms. The fourth-order valence-electron chi connectivity index (χ4n) is 9.09. The fraction of sp³-hybridized carbons (Fsp3) is 0. The van der Waals surface area contributed by atoms with Crippen LogP contribution >= 0.6 is 0 Å². The summed E-state index contributed by atoms with van der Waals surface area (Å²) in [5.74, 6) is 1.92. The van der Waals surface area contributed by atoms with Crippen LogP contribution in [0.3, 0.4) is 0 Å². The van der Waals surface area contributed by atoms with E-state index in [0.717, 1.165) is 33.2 Å². The Morgan fingerprint density at radius 2 is 0.603 bits per heavy atom. The third-order valence-corrected chi connectivity index (χ3v) is 11.8. The summed E-state index contributed by atoms with van der Waals surface area (Å²) in [7, 11) is 0. The molecule has 0 saturated heterocycles. The van der Waals surface area contributed by atoms with E-state index in [9.17, 15) is 0 Å². The second-order valence-electron chi connectivity index (χ2n) is 15.2. The lowest BCUT2D eigenvalue weighted by Gasteiger charge is -2.17. The van der Waals surface area contributed by atoms with Crippen molar-refractivity contribution in [1.82, 2.24) is 15.0 Å². The Hall–Kier alpha value is -7.75. The molecule has 0 aliphatic carbocycles. The molecule has 0 N–H and O–H groups in total. The van der Waals surface area contributed by atoms with Crippen molar-refractivity contribution < 1.29 is 0 Å². The Bertz CT molecular complexity index is 3530. The number of hydrogen-bond donors (Lipinski definition) is 0. The molecule has 3 heteroatoms. The lowest BCUT2D eigenvalue weighted by Crippen LogP contribution is -2.00. The third-order valence-electron chi connectivity index (χ3n) is 11.8. The first-order valence-electron chi connectivity index (χ1n) is 19.8. The van der Waals surface area contributed by atoms with E-state index in [-0.39, 0.29) is 0 Å². The highest BCUT2D eigenvalue weighted by molar-refractivity contribution is 6.37. The van der Waals surface area contributed by atoms with Crippen LogP contribution in [-0.4, -0.2) is 15.0 Å². The summed E-state index contributed by atoms with van der Waals surface area (Å²) >= 11 is 0. The van der Waals surface area contributed by atoms with Gasteiger partial charge in [0.25, 0.3) is 0 Å². The van der Waals surface area contributed by atoms with Gasteiger partial charge in [-0.3, -0.25) is 0 Å². The molecule has 0 unspecified atom stereocenters. The summed E-state index contributed by atoms with van der Waals surface area (Å²) in [6.07, 6.45) is 0. The molecular weight excluding hydrogens is 703 g/mol. The van der Waals surface area contributed by atoms with Crippen LogP contribution < -0.4 is 0 Å². The SMILES string of the molecule is c1ccc(-c2ccc(-c3cccc(-c4nc(-c5ccccc5)nc(-c5cc6ccc7cccc8c9cccc%10ccc%11cccc(c(c5)c6c78)c%11c%109)n4)c3)cc2)cc1. The molecule has 0 atom stereocenters. The molecule has 0 fully saturated rings. The number of hydrogen-bond acceptors (Lipinski definition) is 3. The van der Waals surface area contributed by atoms with Crippen LogP contribution in [0, 0.1) is 0 Å². The van der Waals surface area contributed by atoms with E-state index in [0.29, 0.717) is 17.5 Å². The molecule has 58 heavy (non-hydrogen) atoms. The quantitative estimate of drug-likeness (QED) is 0.165. The normalized spacial score (nSPS) is 11.8. The number of benzene rings is 10. The van der Waals surface area contributed by atoms with Crippen molar-refractivity contribution in [2.75, 3.05) is 0 Å². The number of aromatic nitrogens is 3. The summed E-state index contributed by atoms with van der Waals surface area (Å²) in [4.78, 5) is 15.6. The lowest BCUT2D eigenvalue weighted by atomic mass is 9.87. The van der Waals surface area contributed by atoms with Gasteiger partial charge in [0.05, 0.1) is 0 Å². The predicted molar refractivity (Wildman–Crippen MR) is 243 cm³/mol. The highest BCUT2D eigenvalue weighted by Gasteiger charge is 2.19. The second kappa shape index (κ2) is 12.9. The van der Waals surface area contributed by atoms with E-state index in [1.165, 1.54) is 70.4 Å². The van der Waals surface area contributed by atoms with Crippen molar-refractivity contribution in [1.29, 1.82) is 0 Å². The summed E-state index contributed by atoms with van der Waals surface area (Å²) in [5, 5.41) is 14.9. The Kier molecular flexibility index (Phi) is 7.23. The Labute approximate surface area is 334 Å². The topological polar surface area (TPSA) is 38.7 Å². The second-order valence-corrected chi connectivity index (χ2v) is 15.2. The van der Waals surface area contributed by atoms with Crippen LogP contribution in [0.1, 0.15) is 0 Å². The minimum Gasteiger partial charge on any atom is -0.208 e. The summed E-state index contributed by atoms with van der Waals surface area (Å²) in [5.41, 5.74) is 7.46. The molecule has 0 aliphatic heterocycles. The van der Waals surface area contributed by atoms with E-state index >= 15 is 0 Å². The molecule has 0 bridgehead atoms. The van der Waals surface area contributed by atoms with Gasteiger partial charge in [-0.1, -0.05) is 182 Å². The zero-order valence-electron chi connectivity index (χ0n) is 31.4. The molecule has 0 aliphatic rings. The molecule has 1 heterocycles. The lowest BCUT2D eigenvalue weighted by molar-refractivity contribution is 1.07. The minimum absolute atomic E-state index is 0.635. The van der Waals surface area contributed by atoms with Gasteiger partial charge in [0.1, 0.15) is 0 Å². The van der Waals surface area contributed by atoms with E-state index in [2.05, 4.69) is 176 Å². The fourth-order valence-corrected chi connectivity index (χ4v) is 9.09. The number of rotatable bonds is 5. The third kappa shape index (κ3) is 5.18. The standard InChI is InChI=1S/C55H33N3/c1-3-11-34(12-4-1)35-23-25-36(26-24-35)41-18-7-19-43(31-41)54-56-53(40-13-5-2-6-14-40)57-55(58-54)44-32-42-30-29-39-16-9-21-46-45-20-8-15-37-27-28-38-17-10-22-47(51(38)49(37)45)48(33-44)52(42)50(39)46/h1-33H. The van der Waals surface area contributed by atoms with Gasteiger partial charge in [0.15, 0.2) is 17.5 Å². The smallest absolute Gasteiger partial charge is 0.164 e. The first kappa shape index (κ1) is 32.5. The van der Waals surface area contributed by atoms with Crippen molar-refractivity contribution >= 4 is 64.6 Å². The van der Waals surface area contributed by atoms with Crippen molar-refractivity contribution in [3.63, 3.8) is 0 Å². The van der Waals surface area contributed by atoms with Crippen LogP contribution in [0.15, 0.2) is 200 Å². The summed E-state index contributed by atoms with van der Waals surface area (Å²) in [6, 6.07) is 71.8. The molecule has 0 saturated carbocycles. The van der Waals surface area contributed by atoms with Crippen molar-refractivity contribution in [2.45, 2.75) is 0 Å². The van der Waals surface area contributed by atoms with E-state index < -0.39 is 0 Å². The van der Waals surface area contributed by atoms with Crippen molar-refractivity contribution in [3.05, 3.63) is 200 Å². The monoisotopic (exact) mass is 735 g/mol. The molecule has 3 nitrogen and oxygen atoms in total. The minimum atomic E-state index is 0.635. The van der Waals surface area contributed by atoms with Gasteiger partial charge in [0, 0.05) is 16.7 Å². The average molecular weight is 736 g/mol. The van der Waals surface area contributed by atoms with Crippen LogP contribution in [-0.2, 0) is 0 Å². The summed E-state index contributed by atoms with van der Waals surface area (Å²) in [6.45, 7) is 0. The molecular formula is C55H33N3. The molecule has 0 amide bonds. The average Bonchev–Trinajstić information content (AvgIpc) is 3.30. The molecule has 12 rings (SSSR count). The first-order valence-corrected chi connectivity index (χ1v) is 19.8. The number of nitrogens with zero attached hydrogens (tertiary/aromatic N) is 3. The molecule has 12 aromatic rings. The molecule has 1 aromatic heterocycles. The van der Waals surface area contributed by atoms with E-state index in [1.54, 1.807) is 0 Å². The highest BCUT2D eigenvalue weighted by Crippen LogP contribution is 2.44. The van der Waals surface area contributed by atoms with Gasteiger partial charge in [-0.05, 0) is 105 Å². The Morgan fingerprint density at radius 3 is 1.19 bits per heavy atom. The van der Waals surface area contributed by atoms with Crippen LogP contribution in [0.5, 0.6) is 0 Å². The van der Waals surface area contributed by atoms with Gasteiger partial charge in [-0.2, -0.15) is 0 Å². The predicted octanol–water partition coefficient (Wildman–Crippen LogP) is 14.6. The van der Waals surface area contributed by atoms with Gasteiger partial charge in [0.2, 0.25) is 0 Å². The Balaban J connectivity index is 1.10. The van der Waals surface area contributed by atoms with Crippen molar-refractivity contribution in [2.24, 2.45) is 0 Å². The zero-order valence-corrected chi connectivity index (χ0v) is 31.4. The van der Waals surface area contributed by atoms with Crippen molar-refractivity contribution in [3.8, 4) is 56.4 Å². The van der Waals surface area contributed by atoms with Gasteiger partial charge in [-0.25, -0.2) is 15.0 Å². The Morgan fingerprint density at radius 1 is 0.207 bits per heavy atom. The van der Waals surface area contributed by atoms with Gasteiger partial charge in [-0.15, -0.1) is 0 Å². The highest BCUT2D eigenvalue weighted by atomic mass is 15.0. The van der Waals surface area contributed by atoms with Crippen LogP contribution in [0.2, 0.25) is 0 Å². The largest absolute Gasteiger partial charge is 0.208 e. The maximum absolute atomic E-state index is 5.29. The molecule has 268 valence electrons. The van der Waals surface area contributed by atoms with E-state index in [4.69, 9.17) is 15.0 Å². The van der Waals surface area contributed by atoms with E-state index in [1.807, 2.05) is 24.3 Å². The number of fused-ring (bicyclic) bond motifs is 2. The van der Waals surface area contributed by atoms with Gasteiger partial charge >= 0.3 is 0 Å².